The van der Waals surface area contributed by atoms with Crippen molar-refractivity contribution in [3.8, 4) is 11.4 Å². The van der Waals surface area contributed by atoms with Crippen molar-refractivity contribution >= 4 is 50.2 Å². The summed E-state index contributed by atoms with van der Waals surface area (Å²) in [5, 5.41) is 1.27. The summed E-state index contributed by atoms with van der Waals surface area (Å²) in [6, 6.07) is 10.2. The molecule has 0 radical (unpaired) electrons. The van der Waals surface area contributed by atoms with E-state index >= 15 is 0 Å². The van der Waals surface area contributed by atoms with Gasteiger partial charge in [0.15, 0.2) is 0 Å². The first-order chi connectivity index (χ1) is 19.3. The molecule has 2 amide bonds. The number of piperazine rings is 1. The first-order valence-electron chi connectivity index (χ1n) is 14.2. The Kier molecular flexibility index (Phi) is 7.81. The minimum absolute atomic E-state index is 0.0673. The average molecular weight is 629 g/mol. The highest BCUT2D eigenvalue weighted by Crippen LogP contribution is 2.36. The van der Waals surface area contributed by atoms with E-state index in [9.17, 15) is 9.59 Å². The summed E-state index contributed by atoms with van der Waals surface area (Å²) in [6.45, 7) is 8.70. The minimum Gasteiger partial charge on any atom is -0.489 e. The van der Waals surface area contributed by atoms with Gasteiger partial charge in [0.25, 0.3) is 5.91 Å². The number of pyridine rings is 1. The average Bonchev–Trinajstić information content (AvgIpc) is 3.74. The summed E-state index contributed by atoms with van der Waals surface area (Å²) in [7, 11) is 0. The highest BCUT2D eigenvalue weighted by atomic mass is 79.9. The van der Waals surface area contributed by atoms with Crippen LogP contribution in [0.15, 0.2) is 41.0 Å². The number of likely N-dealkylation sites (tertiary alicyclic amines) is 1. The van der Waals surface area contributed by atoms with Gasteiger partial charge in [-0.2, -0.15) is 0 Å². The van der Waals surface area contributed by atoms with Crippen LogP contribution in [0.3, 0.4) is 0 Å². The number of aromatic nitrogens is 2. The second-order valence-electron chi connectivity index (χ2n) is 11.4. The molecule has 1 aliphatic carbocycles. The normalized spacial score (nSPS) is 19.0. The standard InChI is InChI=1S/C30H35BrClN5O3/c1-19(2)34-9-6-23(7-10-34)40-27-16-21-15-26(30(39)36-13-11-35(12-14-36)29(38)20-3-4-20)37(25(21)18-24(27)31)22-5-8-33-28(32)17-22/h5,8,15-20,23H,3-4,6-7,9-14H2,1-2H3. The molecule has 40 heavy (non-hydrogen) atoms. The number of halogens is 2. The summed E-state index contributed by atoms with van der Waals surface area (Å²) >= 11 is 10.0. The molecule has 212 valence electrons. The summed E-state index contributed by atoms with van der Waals surface area (Å²) in [5.41, 5.74) is 2.19. The van der Waals surface area contributed by atoms with Crippen molar-refractivity contribution < 1.29 is 14.3 Å². The van der Waals surface area contributed by atoms with Crippen LogP contribution in [-0.4, -0.2) is 87.5 Å². The van der Waals surface area contributed by atoms with Crippen LogP contribution in [0.5, 0.6) is 5.75 Å². The van der Waals surface area contributed by atoms with Gasteiger partial charge in [-0.05, 0) is 85.8 Å². The molecule has 3 aromatic rings. The maximum absolute atomic E-state index is 13.9. The zero-order valence-corrected chi connectivity index (χ0v) is 25.3. The van der Waals surface area contributed by atoms with Crippen molar-refractivity contribution in [3.05, 3.63) is 51.8 Å². The van der Waals surface area contributed by atoms with Gasteiger partial charge in [0.05, 0.1) is 15.7 Å². The Bertz CT molecular complexity index is 1420. The molecule has 0 bridgehead atoms. The monoisotopic (exact) mass is 627 g/mol. The molecule has 3 aliphatic rings. The van der Waals surface area contributed by atoms with Gasteiger partial charge in [0.1, 0.15) is 22.7 Å². The number of benzene rings is 1. The Labute approximate surface area is 248 Å². The predicted octanol–water partition coefficient (Wildman–Crippen LogP) is 5.39. The highest BCUT2D eigenvalue weighted by molar-refractivity contribution is 9.10. The molecule has 2 saturated heterocycles. The Morgan fingerprint density at radius 1 is 0.975 bits per heavy atom. The summed E-state index contributed by atoms with van der Waals surface area (Å²) in [5.74, 6) is 1.15. The Morgan fingerprint density at radius 2 is 1.68 bits per heavy atom. The molecular formula is C30H35BrClN5O3. The maximum atomic E-state index is 13.9. The van der Waals surface area contributed by atoms with Crippen LogP contribution in [0, 0.1) is 5.92 Å². The fraction of sp³-hybridized carbons (Fsp3) is 0.500. The van der Waals surface area contributed by atoms with Crippen molar-refractivity contribution in [2.24, 2.45) is 5.92 Å². The van der Waals surface area contributed by atoms with Gasteiger partial charge in [-0.25, -0.2) is 4.98 Å². The van der Waals surface area contributed by atoms with Crippen LogP contribution in [0.4, 0.5) is 0 Å². The number of carbonyl (C=O) groups excluding carboxylic acids is 2. The maximum Gasteiger partial charge on any atom is 0.270 e. The number of hydrogen-bond donors (Lipinski definition) is 0. The molecule has 6 rings (SSSR count). The van der Waals surface area contributed by atoms with Crippen LogP contribution < -0.4 is 4.74 Å². The van der Waals surface area contributed by atoms with Gasteiger partial charge >= 0.3 is 0 Å². The number of fused-ring (bicyclic) bond motifs is 1. The van der Waals surface area contributed by atoms with Crippen LogP contribution in [-0.2, 0) is 4.79 Å². The van der Waals surface area contributed by atoms with Crippen LogP contribution in [0.25, 0.3) is 16.6 Å². The molecule has 1 aromatic carbocycles. The second-order valence-corrected chi connectivity index (χ2v) is 12.6. The SMILES string of the molecule is CC(C)N1CCC(Oc2cc3cc(C(=O)N4CCN(C(=O)C5CC5)CC4)n(-c4ccnc(Cl)c4)c3cc2Br)CC1. The van der Waals surface area contributed by atoms with Gasteiger partial charge in [0, 0.05) is 62.8 Å². The second kappa shape index (κ2) is 11.3. The van der Waals surface area contributed by atoms with Gasteiger partial charge in [-0.1, -0.05) is 11.6 Å². The lowest BCUT2D eigenvalue weighted by molar-refractivity contribution is -0.134. The third-order valence-corrected chi connectivity index (χ3v) is 9.17. The van der Waals surface area contributed by atoms with E-state index < -0.39 is 0 Å². The van der Waals surface area contributed by atoms with Gasteiger partial charge in [-0.15, -0.1) is 0 Å². The molecule has 10 heteroatoms. The van der Waals surface area contributed by atoms with E-state index in [2.05, 4.69) is 39.7 Å². The molecule has 0 spiro atoms. The Hall–Kier alpha value is -2.62. The lowest BCUT2D eigenvalue weighted by Gasteiger charge is -2.35. The minimum atomic E-state index is -0.0673. The molecular weight excluding hydrogens is 594 g/mol. The number of nitrogens with zero attached hydrogens (tertiary/aromatic N) is 5. The molecule has 0 atom stereocenters. The van der Waals surface area contributed by atoms with E-state index in [1.165, 1.54) is 0 Å². The van der Waals surface area contributed by atoms with E-state index in [1.54, 1.807) is 12.3 Å². The summed E-state index contributed by atoms with van der Waals surface area (Å²) in [6.07, 6.45) is 5.75. The molecule has 8 nitrogen and oxygen atoms in total. The molecule has 1 saturated carbocycles. The van der Waals surface area contributed by atoms with E-state index in [1.807, 2.05) is 38.6 Å². The fourth-order valence-corrected chi connectivity index (χ4v) is 6.43. The number of rotatable bonds is 6. The first-order valence-corrected chi connectivity index (χ1v) is 15.4. The lowest BCUT2D eigenvalue weighted by atomic mass is 10.1. The third-order valence-electron chi connectivity index (χ3n) is 8.35. The Morgan fingerprint density at radius 3 is 2.33 bits per heavy atom. The van der Waals surface area contributed by atoms with Gasteiger partial charge in [0.2, 0.25) is 5.91 Å². The third kappa shape index (κ3) is 5.60. The van der Waals surface area contributed by atoms with Gasteiger partial charge in [-0.3, -0.25) is 9.59 Å². The zero-order valence-electron chi connectivity index (χ0n) is 23.0. The van der Waals surface area contributed by atoms with Crippen molar-refractivity contribution in [1.29, 1.82) is 0 Å². The molecule has 4 heterocycles. The van der Waals surface area contributed by atoms with Crippen LogP contribution >= 0.6 is 27.5 Å². The first kappa shape index (κ1) is 27.5. The zero-order chi connectivity index (χ0) is 28.0. The van der Waals surface area contributed by atoms with Crippen molar-refractivity contribution in [1.82, 2.24) is 24.3 Å². The molecule has 2 aromatic heterocycles. The smallest absolute Gasteiger partial charge is 0.270 e. The predicted molar refractivity (Wildman–Crippen MR) is 159 cm³/mol. The van der Waals surface area contributed by atoms with Crippen molar-refractivity contribution in [2.75, 3.05) is 39.3 Å². The quantitative estimate of drug-likeness (QED) is 0.343. The summed E-state index contributed by atoms with van der Waals surface area (Å²) < 4.78 is 9.28. The Balaban J connectivity index is 1.29. The molecule has 2 aliphatic heterocycles. The van der Waals surface area contributed by atoms with Gasteiger partial charge < -0.3 is 24.0 Å². The van der Waals surface area contributed by atoms with E-state index in [4.69, 9.17) is 16.3 Å². The van der Waals surface area contributed by atoms with Crippen molar-refractivity contribution in [2.45, 2.75) is 51.7 Å². The van der Waals surface area contributed by atoms with Crippen LogP contribution in [0.1, 0.15) is 50.0 Å². The molecule has 3 fully saturated rings. The van der Waals surface area contributed by atoms with E-state index in [0.717, 1.165) is 65.6 Å². The number of ether oxygens (including phenoxy) is 1. The van der Waals surface area contributed by atoms with Crippen LogP contribution in [0.2, 0.25) is 5.15 Å². The fourth-order valence-electron chi connectivity index (χ4n) is 5.84. The number of amides is 2. The largest absolute Gasteiger partial charge is 0.489 e. The summed E-state index contributed by atoms with van der Waals surface area (Å²) in [4.78, 5) is 36.9. The topological polar surface area (TPSA) is 70.9 Å². The molecule has 0 N–H and O–H groups in total. The highest BCUT2D eigenvalue weighted by Gasteiger charge is 2.36. The molecule has 0 unspecified atom stereocenters. The number of piperidine rings is 1. The van der Waals surface area contributed by atoms with E-state index in [-0.39, 0.29) is 23.8 Å². The number of hydrogen-bond acceptors (Lipinski definition) is 5. The number of carbonyl (C=O) groups is 2. The van der Waals surface area contributed by atoms with Crippen molar-refractivity contribution in [3.63, 3.8) is 0 Å². The lowest BCUT2D eigenvalue weighted by Crippen LogP contribution is -2.51. The van der Waals surface area contributed by atoms with E-state index in [0.29, 0.717) is 43.1 Å².